The maximum atomic E-state index is 5.96. The van der Waals surface area contributed by atoms with Crippen molar-refractivity contribution in [2.24, 2.45) is 0 Å². The number of anilines is 3. The fourth-order valence-electron chi connectivity index (χ4n) is 1.73. The quantitative estimate of drug-likeness (QED) is 0.739. The lowest BCUT2D eigenvalue weighted by Gasteiger charge is -2.08. The molecule has 19 heavy (non-hydrogen) atoms. The molecule has 96 valence electrons. The van der Waals surface area contributed by atoms with Crippen LogP contribution in [0.2, 0.25) is 10.0 Å². The van der Waals surface area contributed by atoms with Crippen molar-refractivity contribution in [2.75, 3.05) is 11.1 Å². The minimum atomic E-state index is 0.227. The van der Waals surface area contributed by atoms with Gasteiger partial charge in [-0.05, 0) is 29.6 Å². The predicted molar refractivity (Wildman–Crippen MR) is 81.6 cm³/mol. The van der Waals surface area contributed by atoms with Crippen molar-refractivity contribution in [3.05, 3.63) is 39.7 Å². The van der Waals surface area contributed by atoms with Gasteiger partial charge in [0.05, 0.1) is 5.39 Å². The molecular weight excluding hydrogens is 303 g/mol. The third-order valence-corrected chi connectivity index (χ3v) is 3.71. The first-order valence-corrected chi connectivity index (χ1v) is 6.99. The van der Waals surface area contributed by atoms with Gasteiger partial charge in [0, 0.05) is 15.7 Å². The van der Waals surface area contributed by atoms with Crippen LogP contribution in [0, 0.1) is 0 Å². The molecule has 0 unspecified atom stereocenters. The second kappa shape index (κ2) is 4.85. The summed E-state index contributed by atoms with van der Waals surface area (Å²) >= 11 is 13.4. The van der Waals surface area contributed by atoms with Gasteiger partial charge >= 0.3 is 0 Å². The van der Waals surface area contributed by atoms with Crippen LogP contribution < -0.4 is 11.1 Å². The molecule has 0 bridgehead atoms. The number of hydrogen-bond donors (Lipinski definition) is 2. The first-order chi connectivity index (χ1) is 9.11. The molecule has 0 spiro atoms. The summed E-state index contributed by atoms with van der Waals surface area (Å²) in [5, 5.41) is 7.12. The van der Waals surface area contributed by atoms with Gasteiger partial charge in [-0.25, -0.2) is 4.98 Å². The minimum Gasteiger partial charge on any atom is -0.368 e. The molecule has 0 radical (unpaired) electrons. The number of nitrogens with two attached hydrogens (primary N) is 1. The predicted octanol–water partition coefficient (Wildman–Crippen LogP) is 4.32. The zero-order chi connectivity index (χ0) is 13.4. The van der Waals surface area contributed by atoms with E-state index in [2.05, 4.69) is 15.3 Å². The lowest BCUT2D eigenvalue weighted by molar-refractivity contribution is 1.24. The van der Waals surface area contributed by atoms with Gasteiger partial charge in [0.15, 0.2) is 0 Å². The van der Waals surface area contributed by atoms with Gasteiger partial charge in [-0.1, -0.05) is 23.2 Å². The highest BCUT2D eigenvalue weighted by Crippen LogP contribution is 2.30. The van der Waals surface area contributed by atoms with E-state index >= 15 is 0 Å². The molecule has 0 aliphatic carbocycles. The number of nitrogen functional groups attached to an aromatic ring is 1. The van der Waals surface area contributed by atoms with Crippen LogP contribution in [0.5, 0.6) is 0 Å². The topological polar surface area (TPSA) is 63.8 Å². The van der Waals surface area contributed by atoms with E-state index in [1.807, 2.05) is 11.4 Å². The Hall–Kier alpha value is -1.56. The smallest absolute Gasteiger partial charge is 0.223 e. The lowest BCUT2D eigenvalue weighted by Crippen LogP contribution is -2.00. The van der Waals surface area contributed by atoms with E-state index in [9.17, 15) is 0 Å². The van der Waals surface area contributed by atoms with Crippen LogP contribution in [-0.4, -0.2) is 9.97 Å². The number of thiophene rings is 1. The Morgan fingerprint density at radius 1 is 1.11 bits per heavy atom. The van der Waals surface area contributed by atoms with E-state index < -0.39 is 0 Å². The van der Waals surface area contributed by atoms with Gasteiger partial charge in [-0.2, -0.15) is 4.98 Å². The first kappa shape index (κ1) is 12.5. The van der Waals surface area contributed by atoms with E-state index in [1.54, 1.807) is 18.2 Å². The van der Waals surface area contributed by atoms with Crippen LogP contribution in [0.1, 0.15) is 0 Å². The molecule has 0 amide bonds. The molecule has 0 fully saturated rings. The van der Waals surface area contributed by atoms with E-state index in [0.717, 1.165) is 15.9 Å². The Balaban J connectivity index is 2.07. The van der Waals surface area contributed by atoms with Crippen molar-refractivity contribution in [3.63, 3.8) is 0 Å². The second-order valence-corrected chi connectivity index (χ2v) is 5.62. The van der Waals surface area contributed by atoms with E-state index in [-0.39, 0.29) is 5.95 Å². The summed E-state index contributed by atoms with van der Waals surface area (Å²) in [6.45, 7) is 0. The zero-order valence-corrected chi connectivity index (χ0v) is 11.9. The summed E-state index contributed by atoms with van der Waals surface area (Å²) in [6.07, 6.45) is 0. The van der Waals surface area contributed by atoms with Crippen molar-refractivity contribution in [3.8, 4) is 0 Å². The average Bonchev–Trinajstić information content (AvgIpc) is 2.75. The Morgan fingerprint density at radius 3 is 2.58 bits per heavy atom. The fourth-order valence-corrected chi connectivity index (χ4v) is 3.03. The number of halogens is 2. The minimum absolute atomic E-state index is 0.227. The van der Waals surface area contributed by atoms with Crippen LogP contribution >= 0.6 is 34.5 Å². The van der Waals surface area contributed by atoms with Gasteiger partial charge in [-0.3, -0.25) is 0 Å². The van der Waals surface area contributed by atoms with Crippen molar-refractivity contribution in [1.82, 2.24) is 9.97 Å². The van der Waals surface area contributed by atoms with Gasteiger partial charge in [0.1, 0.15) is 10.6 Å². The number of rotatable bonds is 2. The molecule has 3 rings (SSSR count). The molecule has 7 heteroatoms. The fraction of sp³-hybridized carbons (Fsp3) is 0. The van der Waals surface area contributed by atoms with Crippen molar-refractivity contribution in [1.29, 1.82) is 0 Å². The molecule has 3 aromatic rings. The average molecular weight is 311 g/mol. The number of benzene rings is 1. The number of hydrogen-bond acceptors (Lipinski definition) is 5. The second-order valence-electron chi connectivity index (χ2n) is 3.85. The number of aromatic nitrogens is 2. The summed E-state index contributed by atoms with van der Waals surface area (Å²) < 4.78 is 0. The van der Waals surface area contributed by atoms with Crippen LogP contribution in [0.15, 0.2) is 29.6 Å². The molecule has 0 saturated heterocycles. The monoisotopic (exact) mass is 310 g/mol. The van der Waals surface area contributed by atoms with Crippen LogP contribution in [0.4, 0.5) is 17.5 Å². The zero-order valence-electron chi connectivity index (χ0n) is 9.52. The van der Waals surface area contributed by atoms with Gasteiger partial charge in [0.2, 0.25) is 5.95 Å². The Morgan fingerprint density at radius 2 is 1.84 bits per heavy atom. The summed E-state index contributed by atoms with van der Waals surface area (Å²) in [7, 11) is 0. The van der Waals surface area contributed by atoms with E-state index in [4.69, 9.17) is 28.9 Å². The number of nitrogens with one attached hydrogen (secondary N) is 1. The summed E-state index contributed by atoms with van der Waals surface area (Å²) in [5.41, 5.74) is 6.44. The van der Waals surface area contributed by atoms with Gasteiger partial charge in [-0.15, -0.1) is 11.3 Å². The standard InChI is InChI=1S/C12H8Cl2N4S/c13-6-3-7(14)5-8(4-6)16-10-9-1-2-19-11(9)18-12(15)17-10/h1-5H,(H3,15,16,17,18). The third-order valence-electron chi connectivity index (χ3n) is 2.47. The summed E-state index contributed by atoms with van der Waals surface area (Å²) in [6, 6.07) is 7.14. The summed E-state index contributed by atoms with van der Waals surface area (Å²) in [5.74, 6) is 0.868. The number of nitrogens with zero attached hydrogens (tertiary/aromatic N) is 2. The molecule has 2 heterocycles. The molecule has 3 N–H and O–H groups in total. The van der Waals surface area contributed by atoms with Crippen molar-refractivity contribution >= 4 is 62.2 Å². The molecule has 2 aromatic heterocycles. The highest BCUT2D eigenvalue weighted by atomic mass is 35.5. The van der Waals surface area contributed by atoms with Crippen LogP contribution in [-0.2, 0) is 0 Å². The van der Waals surface area contributed by atoms with E-state index in [1.165, 1.54) is 11.3 Å². The molecule has 0 aliphatic rings. The van der Waals surface area contributed by atoms with Crippen LogP contribution in [0.25, 0.3) is 10.2 Å². The molecule has 0 saturated carbocycles. The largest absolute Gasteiger partial charge is 0.368 e. The summed E-state index contributed by atoms with van der Waals surface area (Å²) in [4.78, 5) is 9.21. The van der Waals surface area contributed by atoms with E-state index in [0.29, 0.717) is 15.9 Å². The molecule has 0 atom stereocenters. The van der Waals surface area contributed by atoms with Gasteiger partial charge in [0.25, 0.3) is 0 Å². The highest BCUT2D eigenvalue weighted by molar-refractivity contribution is 7.16. The van der Waals surface area contributed by atoms with Crippen molar-refractivity contribution in [2.45, 2.75) is 0 Å². The van der Waals surface area contributed by atoms with Crippen LogP contribution in [0.3, 0.4) is 0 Å². The SMILES string of the molecule is Nc1nc(Nc2cc(Cl)cc(Cl)c2)c2ccsc2n1. The normalized spacial score (nSPS) is 10.8. The lowest BCUT2D eigenvalue weighted by atomic mass is 10.3. The molecule has 1 aromatic carbocycles. The number of fused-ring (bicyclic) bond motifs is 1. The molecule has 0 aliphatic heterocycles. The highest BCUT2D eigenvalue weighted by Gasteiger charge is 2.08. The first-order valence-electron chi connectivity index (χ1n) is 5.35. The Bertz CT molecular complexity index is 736. The maximum absolute atomic E-state index is 5.96. The molecular formula is C12H8Cl2N4S. The Labute approximate surface area is 123 Å². The Kier molecular flexibility index (Phi) is 3.18. The molecule has 4 nitrogen and oxygen atoms in total. The third kappa shape index (κ3) is 2.58. The maximum Gasteiger partial charge on any atom is 0.223 e. The van der Waals surface area contributed by atoms with Crippen molar-refractivity contribution < 1.29 is 0 Å². The van der Waals surface area contributed by atoms with Gasteiger partial charge < -0.3 is 11.1 Å².